The van der Waals surface area contributed by atoms with Gasteiger partial charge in [0.1, 0.15) is 6.54 Å². The van der Waals surface area contributed by atoms with Crippen LogP contribution in [0.4, 0.5) is 5.69 Å². The largest absolute Gasteiger partial charge is 0.465 e. The molecule has 0 aliphatic heterocycles. The van der Waals surface area contributed by atoms with Crippen LogP contribution >= 0.6 is 0 Å². The molecule has 0 amide bonds. The van der Waals surface area contributed by atoms with E-state index in [4.69, 9.17) is 10.5 Å². The summed E-state index contributed by atoms with van der Waals surface area (Å²) < 4.78 is 31.4. The minimum absolute atomic E-state index is 0.125. The molecule has 0 aliphatic rings. The summed E-state index contributed by atoms with van der Waals surface area (Å²) in [5, 5.41) is 0. The number of nitrogens with zero attached hydrogens (tertiary/aromatic N) is 1. The monoisotopic (exact) mass is 314 g/mol. The number of rotatable bonds is 7. The number of carbonyl (C=O) groups is 1. The lowest BCUT2D eigenvalue weighted by Gasteiger charge is -2.22. The molecule has 0 saturated heterocycles. The van der Waals surface area contributed by atoms with Crippen molar-refractivity contribution in [3.8, 4) is 0 Å². The number of hydrogen-bond acceptors (Lipinski definition) is 5. The van der Waals surface area contributed by atoms with E-state index in [2.05, 4.69) is 0 Å². The Hall–Kier alpha value is -1.60. The van der Waals surface area contributed by atoms with E-state index < -0.39 is 16.0 Å². The summed E-state index contributed by atoms with van der Waals surface area (Å²) in [7, 11) is -3.78. The SMILES string of the molecule is CCCN(CC(=O)OCC)S(=O)(=O)c1cccc(N)c1C. The molecule has 0 aliphatic carbocycles. The second-order valence-corrected chi connectivity index (χ2v) is 6.52. The maximum absolute atomic E-state index is 12.7. The predicted molar refractivity (Wildman–Crippen MR) is 81.3 cm³/mol. The van der Waals surface area contributed by atoms with Gasteiger partial charge in [-0.3, -0.25) is 4.79 Å². The Labute approximate surface area is 125 Å². The molecular formula is C14H22N2O4S. The van der Waals surface area contributed by atoms with Gasteiger partial charge < -0.3 is 10.5 Å². The first-order chi connectivity index (χ1) is 9.84. The van der Waals surface area contributed by atoms with Gasteiger partial charge in [0.05, 0.1) is 11.5 Å². The number of esters is 1. The van der Waals surface area contributed by atoms with Gasteiger partial charge in [-0.25, -0.2) is 8.42 Å². The number of sulfonamides is 1. The zero-order valence-corrected chi connectivity index (χ0v) is 13.4. The average Bonchev–Trinajstić information content (AvgIpc) is 2.41. The van der Waals surface area contributed by atoms with Crippen LogP contribution in [-0.4, -0.2) is 38.4 Å². The average molecular weight is 314 g/mol. The first-order valence-electron chi connectivity index (χ1n) is 6.85. The summed E-state index contributed by atoms with van der Waals surface area (Å²) in [4.78, 5) is 11.7. The Morgan fingerprint density at radius 1 is 1.33 bits per heavy atom. The van der Waals surface area contributed by atoms with Crippen molar-refractivity contribution in [1.29, 1.82) is 0 Å². The van der Waals surface area contributed by atoms with Gasteiger partial charge in [-0.15, -0.1) is 0 Å². The maximum Gasteiger partial charge on any atom is 0.321 e. The van der Waals surface area contributed by atoms with Gasteiger partial charge in [0.2, 0.25) is 10.0 Å². The van der Waals surface area contributed by atoms with E-state index in [1.54, 1.807) is 26.0 Å². The second kappa shape index (κ2) is 7.42. The van der Waals surface area contributed by atoms with Crippen LogP contribution in [0.2, 0.25) is 0 Å². The van der Waals surface area contributed by atoms with Crippen molar-refractivity contribution in [2.75, 3.05) is 25.4 Å². The van der Waals surface area contributed by atoms with Crippen LogP contribution in [0.5, 0.6) is 0 Å². The Bertz CT molecular complexity index is 599. The molecule has 118 valence electrons. The minimum atomic E-state index is -3.78. The number of carbonyl (C=O) groups excluding carboxylic acids is 1. The number of ether oxygens (including phenoxy) is 1. The summed E-state index contributed by atoms with van der Waals surface area (Å²) in [5.74, 6) is -0.559. The van der Waals surface area contributed by atoms with Crippen molar-refractivity contribution in [2.45, 2.75) is 32.1 Å². The van der Waals surface area contributed by atoms with Crippen LogP contribution in [0.15, 0.2) is 23.1 Å². The lowest BCUT2D eigenvalue weighted by atomic mass is 10.2. The van der Waals surface area contributed by atoms with Crippen molar-refractivity contribution < 1.29 is 17.9 Å². The highest BCUT2D eigenvalue weighted by molar-refractivity contribution is 7.89. The van der Waals surface area contributed by atoms with Crippen molar-refractivity contribution in [3.05, 3.63) is 23.8 Å². The second-order valence-electron chi connectivity index (χ2n) is 4.61. The molecule has 0 unspecified atom stereocenters. The maximum atomic E-state index is 12.7. The zero-order chi connectivity index (χ0) is 16.0. The van der Waals surface area contributed by atoms with Crippen LogP contribution in [-0.2, 0) is 19.6 Å². The lowest BCUT2D eigenvalue weighted by Crippen LogP contribution is -2.37. The van der Waals surface area contributed by atoms with Crippen LogP contribution < -0.4 is 5.73 Å². The van der Waals surface area contributed by atoms with Crippen LogP contribution in [0.1, 0.15) is 25.8 Å². The molecule has 0 radical (unpaired) electrons. The third kappa shape index (κ3) is 4.18. The zero-order valence-electron chi connectivity index (χ0n) is 12.6. The fourth-order valence-corrected chi connectivity index (χ4v) is 3.67. The van der Waals surface area contributed by atoms with E-state index in [1.165, 1.54) is 6.07 Å². The van der Waals surface area contributed by atoms with Crippen LogP contribution in [0.3, 0.4) is 0 Å². The third-order valence-corrected chi connectivity index (χ3v) is 5.02. The summed E-state index contributed by atoms with van der Waals surface area (Å²) >= 11 is 0. The van der Waals surface area contributed by atoms with Gasteiger partial charge in [-0.1, -0.05) is 13.0 Å². The number of benzene rings is 1. The van der Waals surface area contributed by atoms with E-state index in [0.717, 1.165) is 4.31 Å². The van der Waals surface area contributed by atoms with E-state index in [1.807, 2.05) is 6.92 Å². The van der Waals surface area contributed by atoms with Gasteiger partial charge in [-0.05, 0) is 38.0 Å². The van der Waals surface area contributed by atoms with Crippen molar-refractivity contribution >= 4 is 21.7 Å². The fourth-order valence-electron chi connectivity index (χ4n) is 1.93. The standard InChI is InChI=1S/C14H22N2O4S/c1-4-9-16(10-14(17)20-5-2)21(18,19)13-8-6-7-12(15)11(13)3/h6-8H,4-5,9-10,15H2,1-3H3. The highest BCUT2D eigenvalue weighted by Crippen LogP contribution is 2.24. The molecule has 0 atom stereocenters. The Morgan fingerprint density at radius 2 is 2.00 bits per heavy atom. The molecule has 0 saturated carbocycles. The van der Waals surface area contributed by atoms with Gasteiger partial charge >= 0.3 is 5.97 Å². The van der Waals surface area contributed by atoms with E-state index in [9.17, 15) is 13.2 Å². The molecule has 0 heterocycles. The van der Waals surface area contributed by atoms with Gasteiger partial charge in [0.15, 0.2) is 0 Å². The molecule has 1 rings (SSSR count). The summed E-state index contributed by atoms with van der Waals surface area (Å²) in [5.41, 5.74) is 6.66. The van der Waals surface area contributed by atoms with Crippen molar-refractivity contribution in [2.24, 2.45) is 0 Å². The third-order valence-electron chi connectivity index (χ3n) is 3.03. The molecule has 0 bridgehead atoms. The number of anilines is 1. The summed E-state index contributed by atoms with van der Waals surface area (Å²) in [6, 6.07) is 4.72. The normalized spacial score (nSPS) is 11.6. The van der Waals surface area contributed by atoms with Crippen LogP contribution in [0, 0.1) is 6.92 Å². The number of nitrogens with two attached hydrogens (primary N) is 1. The van der Waals surface area contributed by atoms with Crippen molar-refractivity contribution in [1.82, 2.24) is 4.31 Å². The molecule has 6 nitrogen and oxygen atoms in total. The Balaban J connectivity index is 3.15. The van der Waals surface area contributed by atoms with E-state index in [0.29, 0.717) is 17.7 Å². The molecular weight excluding hydrogens is 292 g/mol. The Kier molecular flexibility index (Phi) is 6.17. The molecule has 0 aromatic heterocycles. The molecule has 1 aromatic rings. The van der Waals surface area contributed by atoms with Crippen molar-refractivity contribution in [3.63, 3.8) is 0 Å². The molecule has 0 fully saturated rings. The highest BCUT2D eigenvalue weighted by Gasteiger charge is 2.28. The summed E-state index contributed by atoms with van der Waals surface area (Å²) in [6.45, 7) is 5.35. The Morgan fingerprint density at radius 3 is 2.57 bits per heavy atom. The molecule has 0 spiro atoms. The molecule has 2 N–H and O–H groups in total. The predicted octanol–water partition coefficient (Wildman–Crippen LogP) is 1.54. The molecule has 7 heteroatoms. The molecule has 1 aromatic carbocycles. The van der Waals surface area contributed by atoms with Crippen LogP contribution in [0.25, 0.3) is 0 Å². The fraction of sp³-hybridized carbons (Fsp3) is 0.500. The summed E-state index contributed by atoms with van der Waals surface area (Å²) in [6.07, 6.45) is 0.597. The quantitative estimate of drug-likeness (QED) is 0.609. The smallest absolute Gasteiger partial charge is 0.321 e. The van der Waals surface area contributed by atoms with Gasteiger partial charge in [0, 0.05) is 12.2 Å². The lowest BCUT2D eigenvalue weighted by molar-refractivity contribution is -0.143. The van der Waals surface area contributed by atoms with E-state index in [-0.39, 0.29) is 24.6 Å². The molecule has 21 heavy (non-hydrogen) atoms. The van der Waals surface area contributed by atoms with Gasteiger partial charge in [-0.2, -0.15) is 4.31 Å². The number of nitrogen functional groups attached to an aromatic ring is 1. The minimum Gasteiger partial charge on any atom is -0.465 e. The van der Waals surface area contributed by atoms with E-state index >= 15 is 0 Å². The topological polar surface area (TPSA) is 89.7 Å². The van der Waals surface area contributed by atoms with Gasteiger partial charge in [0.25, 0.3) is 0 Å². The number of hydrogen-bond donors (Lipinski definition) is 1. The first-order valence-corrected chi connectivity index (χ1v) is 8.29. The highest BCUT2D eigenvalue weighted by atomic mass is 32.2. The first kappa shape index (κ1) is 17.5.